The number of aromatic nitrogens is 1. The smallest absolute Gasteiger partial charge is 0.350 e. The van der Waals surface area contributed by atoms with Crippen molar-refractivity contribution in [1.82, 2.24) is 4.98 Å². The Morgan fingerprint density at radius 1 is 1.11 bits per heavy atom. The number of Topliss-reactive ketones (excluding diaryl/α,β-unsaturated/α-hetero) is 1. The minimum atomic E-state index is -0.995. The number of esters is 1. The largest absolute Gasteiger partial charge is 0.507 e. The molecule has 1 aliphatic heterocycles. The summed E-state index contributed by atoms with van der Waals surface area (Å²) >= 11 is 7.00. The van der Waals surface area contributed by atoms with E-state index in [2.05, 4.69) is 4.98 Å². The molecular weight excluding hydrogens is 492 g/mol. The van der Waals surface area contributed by atoms with Crippen LogP contribution in [0.4, 0.5) is 5.13 Å². The fourth-order valence-electron chi connectivity index (χ4n) is 3.94. The average Bonchev–Trinajstić information content (AvgIpc) is 3.35. The van der Waals surface area contributed by atoms with E-state index in [1.54, 1.807) is 56.3 Å². The Kier molecular flexibility index (Phi) is 6.64. The molecule has 8 nitrogen and oxygen atoms in total. The van der Waals surface area contributed by atoms with E-state index in [1.165, 1.54) is 19.1 Å². The second-order valence-electron chi connectivity index (χ2n) is 7.81. The number of halogens is 1. The molecule has 2 aromatic carbocycles. The summed E-state index contributed by atoms with van der Waals surface area (Å²) in [5.41, 5.74) is 1.89. The van der Waals surface area contributed by atoms with Crippen LogP contribution in [-0.2, 0) is 14.3 Å². The molecule has 1 aliphatic rings. The third kappa shape index (κ3) is 4.28. The van der Waals surface area contributed by atoms with Gasteiger partial charge in [-0.1, -0.05) is 35.1 Å². The highest BCUT2D eigenvalue weighted by atomic mass is 35.5. The van der Waals surface area contributed by atoms with Crippen LogP contribution in [0.15, 0.2) is 48.0 Å². The van der Waals surface area contributed by atoms with Crippen LogP contribution in [0.5, 0.6) is 5.75 Å². The minimum Gasteiger partial charge on any atom is -0.507 e. The lowest BCUT2D eigenvalue weighted by Gasteiger charge is -2.23. The fraction of sp³-hybridized carbons (Fsp3) is 0.200. The number of aryl methyl sites for hydroxylation is 2. The zero-order valence-electron chi connectivity index (χ0n) is 19.3. The van der Waals surface area contributed by atoms with Gasteiger partial charge < -0.3 is 14.6 Å². The minimum absolute atomic E-state index is 0.102. The van der Waals surface area contributed by atoms with Crippen molar-refractivity contribution in [1.29, 1.82) is 0 Å². The van der Waals surface area contributed by atoms with Crippen molar-refractivity contribution in [2.75, 3.05) is 19.1 Å². The highest BCUT2D eigenvalue weighted by Crippen LogP contribution is 2.44. The van der Waals surface area contributed by atoms with Crippen LogP contribution in [0.25, 0.3) is 5.76 Å². The summed E-state index contributed by atoms with van der Waals surface area (Å²) < 4.78 is 10.1. The lowest BCUT2D eigenvalue weighted by molar-refractivity contribution is -0.132. The van der Waals surface area contributed by atoms with E-state index in [-0.39, 0.29) is 21.3 Å². The van der Waals surface area contributed by atoms with E-state index < -0.39 is 23.7 Å². The second-order valence-corrected chi connectivity index (χ2v) is 9.22. The van der Waals surface area contributed by atoms with Crippen molar-refractivity contribution in [2.45, 2.75) is 19.9 Å². The highest BCUT2D eigenvalue weighted by molar-refractivity contribution is 7.17. The van der Waals surface area contributed by atoms with Crippen molar-refractivity contribution in [3.63, 3.8) is 0 Å². The van der Waals surface area contributed by atoms with Gasteiger partial charge in [-0.3, -0.25) is 14.5 Å². The van der Waals surface area contributed by atoms with E-state index in [0.29, 0.717) is 27.6 Å². The van der Waals surface area contributed by atoms with Crippen molar-refractivity contribution >= 4 is 51.5 Å². The van der Waals surface area contributed by atoms with Crippen LogP contribution in [-0.4, -0.2) is 42.0 Å². The molecule has 180 valence electrons. The summed E-state index contributed by atoms with van der Waals surface area (Å²) in [6.07, 6.45) is 0. The summed E-state index contributed by atoms with van der Waals surface area (Å²) in [6.45, 7) is 3.41. The molecular formula is C25H21ClN2O6S. The predicted molar refractivity (Wildman–Crippen MR) is 132 cm³/mol. The number of amides is 1. The van der Waals surface area contributed by atoms with Gasteiger partial charge in [-0.05, 0) is 55.3 Å². The number of benzene rings is 2. The maximum Gasteiger partial charge on any atom is 0.350 e. The molecule has 0 bridgehead atoms. The van der Waals surface area contributed by atoms with Gasteiger partial charge in [-0.15, -0.1) is 0 Å². The van der Waals surface area contributed by atoms with Gasteiger partial charge in [0, 0.05) is 10.6 Å². The maximum atomic E-state index is 13.3. The predicted octanol–water partition coefficient (Wildman–Crippen LogP) is 4.83. The van der Waals surface area contributed by atoms with E-state index in [0.717, 1.165) is 16.9 Å². The Bertz CT molecular complexity index is 1380. The summed E-state index contributed by atoms with van der Waals surface area (Å²) in [5, 5.41) is 11.9. The molecule has 2 heterocycles. The number of rotatable bonds is 5. The number of thiazole rings is 1. The maximum absolute atomic E-state index is 13.3. The number of methoxy groups -OCH3 is 2. The molecule has 3 aromatic rings. The number of anilines is 1. The molecule has 0 spiro atoms. The van der Waals surface area contributed by atoms with Gasteiger partial charge in [0.2, 0.25) is 0 Å². The molecule has 1 aromatic heterocycles. The van der Waals surface area contributed by atoms with Crippen molar-refractivity contribution in [2.24, 2.45) is 0 Å². The molecule has 0 unspecified atom stereocenters. The standard InChI is InChI=1S/C25H21ClN2O6S/c1-12-11-15(7-10-17(12)33-3)20(29)18-19(14-5-8-16(26)9-6-14)28(23(31)21(18)30)25-27-13(2)22(35-25)24(32)34-4/h5-11,19,29H,1-4H3/b20-18+/t19-/m1/s1. The SMILES string of the molecule is COC(=O)c1sc(N2C(=O)C(=O)/C(=C(/O)c3ccc(OC)c(C)c3)[C@H]2c2ccc(Cl)cc2)nc1C. The van der Waals surface area contributed by atoms with Gasteiger partial charge in [-0.2, -0.15) is 0 Å². The first kappa shape index (κ1) is 24.4. The molecule has 1 amide bonds. The summed E-state index contributed by atoms with van der Waals surface area (Å²) in [4.78, 5) is 44.4. The number of nitrogens with zero attached hydrogens (tertiary/aromatic N) is 2. The molecule has 0 saturated carbocycles. The van der Waals surface area contributed by atoms with Gasteiger partial charge in [0.1, 0.15) is 16.4 Å². The van der Waals surface area contributed by atoms with Gasteiger partial charge in [0.25, 0.3) is 5.78 Å². The van der Waals surface area contributed by atoms with Crippen molar-refractivity contribution in [3.05, 3.63) is 80.3 Å². The van der Waals surface area contributed by atoms with Gasteiger partial charge >= 0.3 is 11.9 Å². The van der Waals surface area contributed by atoms with Crippen LogP contribution in [0, 0.1) is 13.8 Å². The number of ketones is 1. The number of aliphatic hydroxyl groups is 1. The molecule has 10 heteroatoms. The molecule has 1 fully saturated rings. The van der Waals surface area contributed by atoms with Crippen LogP contribution < -0.4 is 9.64 Å². The average molecular weight is 513 g/mol. The van der Waals surface area contributed by atoms with Crippen LogP contribution in [0.3, 0.4) is 0 Å². The molecule has 1 atom stereocenters. The number of hydrogen-bond donors (Lipinski definition) is 1. The quantitative estimate of drug-likeness (QED) is 0.226. The Balaban J connectivity index is 1.93. The first-order chi connectivity index (χ1) is 16.7. The van der Waals surface area contributed by atoms with E-state index in [1.807, 2.05) is 0 Å². The zero-order chi connectivity index (χ0) is 25.4. The van der Waals surface area contributed by atoms with Gasteiger partial charge in [-0.25, -0.2) is 9.78 Å². The number of aliphatic hydroxyl groups excluding tert-OH is 1. The normalized spacial score (nSPS) is 17.1. The molecule has 1 saturated heterocycles. The lowest BCUT2D eigenvalue weighted by Crippen LogP contribution is -2.29. The molecule has 0 radical (unpaired) electrons. The van der Waals surface area contributed by atoms with E-state index in [4.69, 9.17) is 21.1 Å². The second kappa shape index (κ2) is 9.52. The number of carbonyl (C=O) groups is 3. The van der Waals surface area contributed by atoms with Crippen molar-refractivity contribution in [3.8, 4) is 5.75 Å². The summed E-state index contributed by atoms with van der Waals surface area (Å²) in [5.74, 6) is -2.06. The third-order valence-corrected chi connectivity index (χ3v) is 7.05. The zero-order valence-corrected chi connectivity index (χ0v) is 20.9. The van der Waals surface area contributed by atoms with Crippen LogP contribution >= 0.6 is 22.9 Å². The van der Waals surface area contributed by atoms with Gasteiger partial charge in [0.15, 0.2) is 5.13 Å². The van der Waals surface area contributed by atoms with Gasteiger partial charge in [0.05, 0.1) is 31.5 Å². The van der Waals surface area contributed by atoms with E-state index >= 15 is 0 Å². The fourth-order valence-corrected chi connectivity index (χ4v) is 5.08. The molecule has 0 aliphatic carbocycles. The molecule has 35 heavy (non-hydrogen) atoms. The summed E-state index contributed by atoms with van der Waals surface area (Å²) in [6, 6.07) is 10.5. The Hall–Kier alpha value is -3.69. The highest BCUT2D eigenvalue weighted by Gasteiger charge is 2.48. The first-order valence-corrected chi connectivity index (χ1v) is 11.6. The molecule has 4 rings (SSSR count). The van der Waals surface area contributed by atoms with Crippen LogP contribution in [0.2, 0.25) is 5.02 Å². The first-order valence-electron chi connectivity index (χ1n) is 10.4. The lowest BCUT2D eigenvalue weighted by atomic mass is 9.95. The van der Waals surface area contributed by atoms with Crippen LogP contribution in [0.1, 0.15) is 38.1 Å². The number of ether oxygens (including phenoxy) is 2. The Morgan fingerprint density at radius 3 is 2.40 bits per heavy atom. The van der Waals surface area contributed by atoms with E-state index in [9.17, 15) is 19.5 Å². The number of hydrogen-bond acceptors (Lipinski definition) is 8. The molecule has 1 N–H and O–H groups in total. The Labute approximate surface area is 210 Å². The summed E-state index contributed by atoms with van der Waals surface area (Å²) in [7, 11) is 2.78. The number of carbonyl (C=O) groups excluding carboxylic acids is 3. The monoisotopic (exact) mass is 512 g/mol. The Morgan fingerprint density at radius 2 is 1.80 bits per heavy atom. The topological polar surface area (TPSA) is 106 Å². The third-order valence-electron chi connectivity index (χ3n) is 5.66. The van der Waals surface area contributed by atoms with Crippen molar-refractivity contribution < 1.29 is 29.0 Å².